The fourth-order valence-electron chi connectivity index (χ4n) is 2.46. The number of aromatic nitrogens is 3. The van der Waals surface area contributed by atoms with Gasteiger partial charge in [-0.15, -0.1) is 0 Å². The summed E-state index contributed by atoms with van der Waals surface area (Å²) in [5.41, 5.74) is 2.67. The normalized spacial score (nSPS) is 10.7. The zero-order valence-corrected chi connectivity index (χ0v) is 15.1. The fourth-order valence-corrected chi connectivity index (χ4v) is 2.72. The molecule has 2 heterocycles. The van der Waals surface area contributed by atoms with E-state index in [0.29, 0.717) is 29.0 Å². The molecule has 2 aromatic heterocycles. The molecule has 0 saturated heterocycles. The first-order valence-electron chi connectivity index (χ1n) is 8.19. The van der Waals surface area contributed by atoms with Gasteiger partial charge in [-0.2, -0.15) is 5.10 Å². The number of halogens is 1. The van der Waals surface area contributed by atoms with Gasteiger partial charge in [-0.1, -0.05) is 18.5 Å². The lowest BCUT2D eigenvalue weighted by Crippen LogP contribution is -2.24. The maximum absolute atomic E-state index is 12.5. The van der Waals surface area contributed by atoms with Crippen LogP contribution in [0, 0.1) is 6.92 Å². The lowest BCUT2D eigenvalue weighted by atomic mass is 10.1. The maximum Gasteiger partial charge on any atom is 0.257 e. The lowest BCUT2D eigenvalue weighted by Gasteiger charge is -2.09. The van der Waals surface area contributed by atoms with E-state index in [1.54, 1.807) is 24.3 Å². The molecule has 0 bridgehead atoms. The van der Waals surface area contributed by atoms with Crippen LogP contribution in [0.5, 0.6) is 0 Å². The van der Waals surface area contributed by atoms with Gasteiger partial charge in [0, 0.05) is 29.5 Å². The highest BCUT2D eigenvalue weighted by molar-refractivity contribution is 6.34. The van der Waals surface area contributed by atoms with Gasteiger partial charge in [0.1, 0.15) is 0 Å². The summed E-state index contributed by atoms with van der Waals surface area (Å²) >= 11 is 6.18. The average Bonchev–Trinajstić information content (AvgIpc) is 3.00. The highest BCUT2D eigenvalue weighted by atomic mass is 35.5. The second kappa shape index (κ2) is 7.53. The molecule has 3 N–H and O–H groups in total. The van der Waals surface area contributed by atoms with Crippen molar-refractivity contribution in [2.75, 3.05) is 11.9 Å². The summed E-state index contributed by atoms with van der Waals surface area (Å²) in [5, 5.41) is 13.5. The number of amides is 2. The van der Waals surface area contributed by atoms with Crippen molar-refractivity contribution in [2.24, 2.45) is 0 Å². The van der Waals surface area contributed by atoms with Crippen LogP contribution in [-0.4, -0.2) is 33.5 Å². The Morgan fingerprint density at radius 2 is 2.04 bits per heavy atom. The minimum Gasteiger partial charge on any atom is -0.352 e. The van der Waals surface area contributed by atoms with Gasteiger partial charge >= 0.3 is 0 Å². The molecule has 0 fully saturated rings. The summed E-state index contributed by atoms with van der Waals surface area (Å²) in [4.78, 5) is 28.6. The highest BCUT2D eigenvalue weighted by Gasteiger charge is 2.13. The first-order chi connectivity index (χ1) is 12.5. The Hall–Kier alpha value is -2.93. The quantitative estimate of drug-likeness (QED) is 0.640. The number of aryl methyl sites for hydroxylation is 1. The number of aromatic amines is 1. The number of hydrogen-bond acceptors (Lipinski definition) is 4. The summed E-state index contributed by atoms with van der Waals surface area (Å²) in [7, 11) is 0. The average molecular weight is 372 g/mol. The first kappa shape index (κ1) is 17.9. The van der Waals surface area contributed by atoms with Gasteiger partial charge < -0.3 is 10.6 Å². The fraction of sp³-hybridized carbons (Fsp3) is 0.222. The Balaban J connectivity index is 1.77. The number of nitrogens with zero attached hydrogens (tertiary/aromatic N) is 2. The SMILES string of the molecule is CCCNC(=O)c1ccc(NC(=O)c2cnc3n[nH]c(C)c3c2)cc1Cl. The van der Waals surface area contributed by atoms with Crippen molar-refractivity contribution in [3.8, 4) is 0 Å². The summed E-state index contributed by atoms with van der Waals surface area (Å²) in [6, 6.07) is 6.50. The minimum atomic E-state index is -0.320. The number of H-pyrrole nitrogens is 1. The third-order valence-electron chi connectivity index (χ3n) is 3.87. The van der Waals surface area contributed by atoms with Crippen molar-refractivity contribution in [1.29, 1.82) is 0 Å². The molecular weight excluding hydrogens is 354 g/mol. The molecule has 0 saturated carbocycles. The number of carbonyl (C=O) groups is 2. The van der Waals surface area contributed by atoms with E-state index in [4.69, 9.17) is 11.6 Å². The number of rotatable bonds is 5. The van der Waals surface area contributed by atoms with Crippen molar-refractivity contribution in [1.82, 2.24) is 20.5 Å². The number of fused-ring (bicyclic) bond motifs is 1. The molecule has 2 amide bonds. The van der Waals surface area contributed by atoms with Crippen molar-refractivity contribution >= 4 is 40.1 Å². The largest absolute Gasteiger partial charge is 0.352 e. The van der Waals surface area contributed by atoms with Crippen molar-refractivity contribution in [3.63, 3.8) is 0 Å². The lowest BCUT2D eigenvalue weighted by molar-refractivity contribution is 0.0953. The van der Waals surface area contributed by atoms with E-state index >= 15 is 0 Å². The van der Waals surface area contributed by atoms with Crippen LogP contribution in [0.3, 0.4) is 0 Å². The van der Waals surface area contributed by atoms with Crippen LogP contribution in [0.4, 0.5) is 5.69 Å². The highest BCUT2D eigenvalue weighted by Crippen LogP contribution is 2.22. The van der Waals surface area contributed by atoms with Gasteiger partial charge in [-0.05, 0) is 37.6 Å². The molecule has 26 heavy (non-hydrogen) atoms. The van der Waals surface area contributed by atoms with Crippen molar-refractivity contribution in [3.05, 3.63) is 52.3 Å². The van der Waals surface area contributed by atoms with E-state index in [-0.39, 0.29) is 16.8 Å². The summed E-state index contributed by atoms with van der Waals surface area (Å²) in [5.74, 6) is -0.556. The summed E-state index contributed by atoms with van der Waals surface area (Å²) in [6.45, 7) is 4.41. The van der Waals surface area contributed by atoms with Crippen LogP contribution in [0.2, 0.25) is 5.02 Å². The minimum absolute atomic E-state index is 0.236. The van der Waals surface area contributed by atoms with Crippen LogP contribution in [-0.2, 0) is 0 Å². The monoisotopic (exact) mass is 371 g/mol. The van der Waals surface area contributed by atoms with E-state index in [1.165, 1.54) is 6.20 Å². The van der Waals surface area contributed by atoms with Crippen LogP contribution < -0.4 is 10.6 Å². The number of nitrogens with one attached hydrogen (secondary N) is 3. The Bertz CT molecular complexity index is 983. The molecular formula is C18H18ClN5O2. The predicted molar refractivity (Wildman–Crippen MR) is 101 cm³/mol. The van der Waals surface area contributed by atoms with Gasteiger partial charge in [-0.25, -0.2) is 4.98 Å². The molecule has 3 aromatic rings. The molecule has 7 nitrogen and oxygen atoms in total. The number of anilines is 1. The van der Waals surface area contributed by atoms with Gasteiger partial charge in [0.05, 0.1) is 16.1 Å². The summed E-state index contributed by atoms with van der Waals surface area (Å²) < 4.78 is 0. The topological polar surface area (TPSA) is 99.8 Å². The van der Waals surface area contributed by atoms with Crippen LogP contribution >= 0.6 is 11.6 Å². The Kier molecular flexibility index (Phi) is 5.18. The van der Waals surface area contributed by atoms with E-state index < -0.39 is 0 Å². The first-order valence-corrected chi connectivity index (χ1v) is 8.57. The van der Waals surface area contributed by atoms with E-state index in [2.05, 4.69) is 25.8 Å². The number of pyridine rings is 1. The molecule has 134 valence electrons. The standard InChI is InChI=1S/C18H18ClN5O2/c1-3-6-20-18(26)13-5-4-12(8-15(13)19)22-17(25)11-7-14-10(2)23-24-16(14)21-9-11/h4-5,7-9H,3,6H2,1-2H3,(H,20,26)(H,22,25)(H,21,23,24). The number of hydrogen-bond donors (Lipinski definition) is 3. The zero-order valence-electron chi connectivity index (χ0n) is 14.4. The van der Waals surface area contributed by atoms with E-state index in [9.17, 15) is 9.59 Å². The molecule has 1 aromatic carbocycles. The molecule has 0 aliphatic rings. The van der Waals surface area contributed by atoms with E-state index in [1.807, 2.05) is 13.8 Å². The Labute approximate surface area is 155 Å². The molecule has 0 aliphatic heterocycles. The Morgan fingerprint density at radius 1 is 1.23 bits per heavy atom. The van der Waals surface area contributed by atoms with Gasteiger partial charge in [0.15, 0.2) is 5.65 Å². The van der Waals surface area contributed by atoms with Crippen LogP contribution in [0.25, 0.3) is 11.0 Å². The third-order valence-corrected chi connectivity index (χ3v) is 4.18. The van der Waals surface area contributed by atoms with Gasteiger partial charge in [-0.3, -0.25) is 14.7 Å². The molecule has 3 rings (SSSR count). The Morgan fingerprint density at radius 3 is 2.77 bits per heavy atom. The molecule has 0 atom stereocenters. The van der Waals surface area contributed by atoms with Crippen LogP contribution in [0.15, 0.2) is 30.5 Å². The van der Waals surface area contributed by atoms with Gasteiger partial charge in [0.25, 0.3) is 11.8 Å². The second-order valence-electron chi connectivity index (χ2n) is 5.85. The van der Waals surface area contributed by atoms with Crippen LogP contribution in [0.1, 0.15) is 39.8 Å². The van der Waals surface area contributed by atoms with E-state index in [0.717, 1.165) is 17.5 Å². The molecule has 0 unspecified atom stereocenters. The maximum atomic E-state index is 12.5. The smallest absolute Gasteiger partial charge is 0.257 e. The van der Waals surface area contributed by atoms with Crippen molar-refractivity contribution in [2.45, 2.75) is 20.3 Å². The number of benzene rings is 1. The zero-order chi connectivity index (χ0) is 18.7. The second-order valence-corrected chi connectivity index (χ2v) is 6.26. The molecule has 8 heteroatoms. The molecule has 0 aliphatic carbocycles. The van der Waals surface area contributed by atoms with Crippen molar-refractivity contribution < 1.29 is 9.59 Å². The van der Waals surface area contributed by atoms with Gasteiger partial charge in [0.2, 0.25) is 0 Å². The molecule has 0 spiro atoms. The summed E-state index contributed by atoms with van der Waals surface area (Å²) in [6.07, 6.45) is 2.30. The molecule has 0 radical (unpaired) electrons. The predicted octanol–water partition coefficient (Wildman–Crippen LogP) is 3.31. The number of carbonyl (C=O) groups excluding carboxylic acids is 2. The third kappa shape index (κ3) is 3.67.